The van der Waals surface area contributed by atoms with E-state index in [4.69, 9.17) is 4.74 Å². The molecule has 1 N–H and O–H groups in total. The van der Waals surface area contributed by atoms with Crippen LogP contribution in [0.5, 0.6) is 5.75 Å². The zero-order valence-electron chi connectivity index (χ0n) is 15.9. The molecule has 2 aromatic rings. The number of hydrogen-bond donors (Lipinski definition) is 1. The van der Waals surface area contributed by atoms with Gasteiger partial charge in [-0.2, -0.15) is 0 Å². The van der Waals surface area contributed by atoms with Gasteiger partial charge in [-0.1, -0.05) is 18.2 Å². The smallest absolute Gasteiger partial charge is 0.235 e. The number of nitrogens with one attached hydrogen (secondary N) is 1. The summed E-state index contributed by atoms with van der Waals surface area (Å²) < 4.78 is 58.4. The molecule has 0 bridgehead atoms. The molecule has 0 atom stereocenters. The van der Waals surface area contributed by atoms with Crippen molar-refractivity contribution in [1.29, 1.82) is 0 Å². The first-order valence-electron chi connectivity index (χ1n) is 8.95. The van der Waals surface area contributed by atoms with Crippen molar-refractivity contribution in [3.63, 3.8) is 0 Å². The molecular weight excluding hydrogens is 400 g/mol. The van der Waals surface area contributed by atoms with E-state index in [0.29, 0.717) is 36.5 Å². The standard InChI is InChI=1S/C19H24N2O5S2/c1-15-4-7-17(21-11-3-12-28(21,24)25)14-19(15)20-27(22,23)13-10-16-5-8-18(26-2)9-6-16/h4-9,14,20H,3,10-13H2,1-2H3. The number of hydrogen-bond acceptors (Lipinski definition) is 5. The molecule has 0 saturated carbocycles. The van der Waals surface area contributed by atoms with Crippen LogP contribution in [0.25, 0.3) is 0 Å². The number of aryl methyl sites for hydroxylation is 2. The van der Waals surface area contributed by atoms with Crippen LogP contribution in [0.2, 0.25) is 0 Å². The highest BCUT2D eigenvalue weighted by Crippen LogP contribution is 2.29. The van der Waals surface area contributed by atoms with Gasteiger partial charge in [-0.25, -0.2) is 16.8 Å². The highest BCUT2D eigenvalue weighted by Gasteiger charge is 2.28. The molecule has 0 aliphatic carbocycles. The quantitative estimate of drug-likeness (QED) is 0.737. The largest absolute Gasteiger partial charge is 0.497 e. The van der Waals surface area contributed by atoms with Gasteiger partial charge in [-0.15, -0.1) is 0 Å². The summed E-state index contributed by atoms with van der Waals surface area (Å²) in [5, 5.41) is 0. The monoisotopic (exact) mass is 424 g/mol. The van der Waals surface area contributed by atoms with Gasteiger partial charge in [0.15, 0.2) is 0 Å². The second kappa shape index (κ2) is 8.00. The molecule has 0 amide bonds. The second-order valence-corrected chi connectivity index (χ2v) is 10.6. The second-order valence-electron chi connectivity index (χ2n) is 6.76. The summed E-state index contributed by atoms with van der Waals surface area (Å²) in [5.74, 6) is 0.753. The summed E-state index contributed by atoms with van der Waals surface area (Å²) in [4.78, 5) is 0. The van der Waals surface area contributed by atoms with Crippen LogP contribution in [-0.2, 0) is 26.5 Å². The number of anilines is 2. The molecule has 0 unspecified atom stereocenters. The van der Waals surface area contributed by atoms with Crippen molar-refractivity contribution in [2.24, 2.45) is 0 Å². The lowest BCUT2D eigenvalue weighted by molar-refractivity contribution is 0.414. The summed E-state index contributed by atoms with van der Waals surface area (Å²) in [6, 6.07) is 12.3. The van der Waals surface area contributed by atoms with Gasteiger partial charge in [0.25, 0.3) is 0 Å². The Balaban J connectivity index is 1.73. The first-order valence-corrected chi connectivity index (χ1v) is 12.2. The first kappa shape index (κ1) is 20.5. The average Bonchev–Trinajstić information content (AvgIpc) is 3.01. The fourth-order valence-electron chi connectivity index (χ4n) is 3.07. The predicted octanol–water partition coefficient (Wildman–Crippen LogP) is 2.53. The van der Waals surface area contributed by atoms with Gasteiger partial charge in [0.1, 0.15) is 5.75 Å². The minimum Gasteiger partial charge on any atom is -0.497 e. The minimum absolute atomic E-state index is 0.0784. The fraction of sp³-hybridized carbons (Fsp3) is 0.368. The molecular formula is C19H24N2O5S2. The van der Waals surface area contributed by atoms with Crippen LogP contribution < -0.4 is 13.8 Å². The van der Waals surface area contributed by atoms with E-state index in [2.05, 4.69) is 4.72 Å². The van der Waals surface area contributed by atoms with E-state index in [1.807, 2.05) is 12.1 Å². The van der Waals surface area contributed by atoms with Crippen LogP contribution in [0.4, 0.5) is 11.4 Å². The summed E-state index contributed by atoms with van der Waals surface area (Å²) in [6.45, 7) is 2.19. The minimum atomic E-state index is -3.59. The van der Waals surface area contributed by atoms with Gasteiger partial charge in [0.05, 0.1) is 30.0 Å². The third kappa shape index (κ3) is 4.77. The van der Waals surface area contributed by atoms with Gasteiger partial charge < -0.3 is 4.74 Å². The Labute approximate surface area is 166 Å². The van der Waals surface area contributed by atoms with Crippen LogP contribution in [0.3, 0.4) is 0 Å². The van der Waals surface area contributed by atoms with Gasteiger partial charge >= 0.3 is 0 Å². The average molecular weight is 425 g/mol. The Morgan fingerprint density at radius 1 is 1.14 bits per heavy atom. The van der Waals surface area contributed by atoms with Crippen molar-refractivity contribution >= 4 is 31.4 Å². The van der Waals surface area contributed by atoms with Crippen molar-refractivity contribution in [2.45, 2.75) is 19.8 Å². The molecule has 0 radical (unpaired) electrons. The highest BCUT2D eigenvalue weighted by molar-refractivity contribution is 7.93. The van der Waals surface area contributed by atoms with E-state index < -0.39 is 20.0 Å². The van der Waals surface area contributed by atoms with E-state index in [-0.39, 0.29) is 11.5 Å². The summed E-state index contributed by atoms with van der Waals surface area (Å²) in [7, 11) is -5.33. The highest BCUT2D eigenvalue weighted by atomic mass is 32.2. The number of nitrogens with zero attached hydrogens (tertiary/aromatic N) is 1. The molecule has 0 aromatic heterocycles. The number of rotatable bonds is 7. The zero-order chi connectivity index (χ0) is 20.4. The normalized spacial score (nSPS) is 16.1. The van der Waals surface area contributed by atoms with E-state index in [0.717, 1.165) is 11.1 Å². The third-order valence-electron chi connectivity index (χ3n) is 4.69. The molecule has 2 aromatic carbocycles. The van der Waals surface area contributed by atoms with Gasteiger partial charge in [0.2, 0.25) is 20.0 Å². The van der Waals surface area contributed by atoms with Gasteiger partial charge in [-0.05, 0) is 55.2 Å². The maximum atomic E-state index is 12.5. The molecule has 1 fully saturated rings. The maximum Gasteiger partial charge on any atom is 0.235 e. The molecule has 1 aliphatic rings. The Bertz CT molecular complexity index is 1050. The molecule has 9 heteroatoms. The molecule has 1 saturated heterocycles. The molecule has 3 rings (SSSR count). The van der Waals surface area contributed by atoms with Crippen molar-refractivity contribution in [1.82, 2.24) is 0 Å². The number of benzene rings is 2. The van der Waals surface area contributed by atoms with Crippen molar-refractivity contribution in [3.8, 4) is 5.75 Å². The van der Waals surface area contributed by atoms with Crippen LogP contribution >= 0.6 is 0 Å². The number of methoxy groups -OCH3 is 1. The molecule has 152 valence electrons. The number of ether oxygens (including phenoxy) is 1. The van der Waals surface area contributed by atoms with Crippen LogP contribution in [0.15, 0.2) is 42.5 Å². The van der Waals surface area contributed by atoms with E-state index in [1.54, 1.807) is 44.4 Å². The summed E-state index contributed by atoms with van der Waals surface area (Å²) in [5.41, 5.74) is 2.50. The maximum absolute atomic E-state index is 12.5. The van der Waals surface area contributed by atoms with Crippen LogP contribution in [-0.4, -0.2) is 42.0 Å². The van der Waals surface area contributed by atoms with E-state index >= 15 is 0 Å². The molecule has 1 aliphatic heterocycles. The van der Waals surface area contributed by atoms with E-state index in [1.165, 1.54) is 4.31 Å². The Morgan fingerprint density at radius 2 is 1.86 bits per heavy atom. The lowest BCUT2D eigenvalue weighted by atomic mass is 10.2. The first-order chi connectivity index (χ1) is 13.2. The van der Waals surface area contributed by atoms with Crippen molar-refractivity contribution in [2.75, 3.05) is 34.2 Å². The topological polar surface area (TPSA) is 92.8 Å². The van der Waals surface area contributed by atoms with Crippen LogP contribution in [0, 0.1) is 6.92 Å². The Hall–Kier alpha value is -2.26. The third-order valence-corrected chi connectivity index (χ3v) is 7.83. The summed E-state index contributed by atoms with van der Waals surface area (Å²) in [6.07, 6.45) is 0.928. The van der Waals surface area contributed by atoms with Gasteiger partial charge in [0, 0.05) is 6.54 Å². The Morgan fingerprint density at radius 3 is 2.46 bits per heavy atom. The predicted molar refractivity (Wildman–Crippen MR) is 111 cm³/mol. The Kier molecular flexibility index (Phi) is 5.85. The molecule has 7 nitrogen and oxygen atoms in total. The van der Waals surface area contributed by atoms with E-state index in [9.17, 15) is 16.8 Å². The number of sulfonamides is 2. The van der Waals surface area contributed by atoms with Crippen LogP contribution in [0.1, 0.15) is 17.5 Å². The van der Waals surface area contributed by atoms with Gasteiger partial charge in [-0.3, -0.25) is 9.03 Å². The van der Waals surface area contributed by atoms with Crippen molar-refractivity contribution < 1.29 is 21.6 Å². The fourth-order valence-corrected chi connectivity index (χ4v) is 5.79. The molecule has 1 heterocycles. The lowest BCUT2D eigenvalue weighted by Crippen LogP contribution is -2.25. The lowest BCUT2D eigenvalue weighted by Gasteiger charge is -2.19. The summed E-state index contributed by atoms with van der Waals surface area (Å²) >= 11 is 0. The SMILES string of the molecule is COc1ccc(CCS(=O)(=O)Nc2cc(N3CCCS3(=O)=O)ccc2C)cc1. The molecule has 28 heavy (non-hydrogen) atoms. The zero-order valence-corrected chi connectivity index (χ0v) is 17.5. The molecule has 0 spiro atoms. The van der Waals surface area contributed by atoms with Crippen molar-refractivity contribution in [3.05, 3.63) is 53.6 Å².